The van der Waals surface area contributed by atoms with Gasteiger partial charge in [0.1, 0.15) is 5.69 Å². The van der Waals surface area contributed by atoms with Crippen molar-refractivity contribution in [3.63, 3.8) is 0 Å². The average Bonchev–Trinajstić information content (AvgIpc) is 2.74. The Morgan fingerprint density at radius 3 is 2.53 bits per heavy atom. The number of benzene rings is 1. The van der Waals surface area contributed by atoms with Gasteiger partial charge in [0.2, 0.25) is 0 Å². The summed E-state index contributed by atoms with van der Waals surface area (Å²) in [6.07, 6.45) is 3.55. The summed E-state index contributed by atoms with van der Waals surface area (Å²) in [5, 5.41) is 6.28. The van der Waals surface area contributed by atoms with Gasteiger partial charge in [0, 0.05) is 42.6 Å². The normalized spacial score (nSPS) is 14.4. The van der Waals surface area contributed by atoms with Gasteiger partial charge in [-0.2, -0.15) is 13.2 Å². The average molecular weight is 433 g/mol. The third-order valence-electron chi connectivity index (χ3n) is 4.58. The Bertz CT molecular complexity index is 1100. The standard InChI is InChI=1S/C20H16ClF3N6/c1-11(16-18(27-8-7-26-16)19-28-4-2-5-29-19)30-15-3-6-25-17-13(15)9-12(10-14(17)21)20(22,23)24/h2-5,7-11,25,30H,6H2,1H3. The van der Waals surface area contributed by atoms with Crippen molar-refractivity contribution in [3.05, 3.63) is 70.9 Å². The molecule has 3 aromatic rings. The number of fused-ring (bicyclic) bond motifs is 1. The van der Waals surface area contributed by atoms with E-state index in [2.05, 4.69) is 30.6 Å². The number of rotatable bonds is 4. The molecule has 6 nitrogen and oxygen atoms in total. The highest BCUT2D eigenvalue weighted by Crippen LogP contribution is 2.40. The van der Waals surface area contributed by atoms with Crippen molar-refractivity contribution in [3.8, 4) is 11.5 Å². The van der Waals surface area contributed by atoms with Crippen LogP contribution in [0.2, 0.25) is 5.02 Å². The molecule has 1 unspecified atom stereocenters. The number of hydrogen-bond acceptors (Lipinski definition) is 6. The van der Waals surface area contributed by atoms with Crippen LogP contribution >= 0.6 is 11.6 Å². The van der Waals surface area contributed by atoms with Gasteiger partial charge in [-0.15, -0.1) is 0 Å². The number of nitrogens with one attached hydrogen (secondary N) is 2. The van der Waals surface area contributed by atoms with Gasteiger partial charge in [-0.1, -0.05) is 11.6 Å². The van der Waals surface area contributed by atoms with E-state index in [9.17, 15) is 13.2 Å². The lowest BCUT2D eigenvalue weighted by molar-refractivity contribution is -0.137. The van der Waals surface area contributed by atoms with E-state index in [1.165, 1.54) is 6.20 Å². The van der Waals surface area contributed by atoms with Crippen LogP contribution in [0.1, 0.15) is 29.8 Å². The second kappa shape index (κ2) is 7.91. The highest BCUT2D eigenvalue weighted by molar-refractivity contribution is 6.33. The summed E-state index contributed by atoms with van der Waals surface area (Å²) in [6, 6.07) is 3.31. The van der Waals surface area contributed by atoms with Crippen molar-refractivity contribution in [2.75, 3.05) is 11.9 Å². The van der Waals surface area contributed by atoms with Crippen LogP contribution in [0.15, 0.2) is 49.1 Å². The first-order valence-electron chi connectivity index (χ1n) is 9.04. The smallest absolute Gasteiger partial charge is 0.380 e. The van der Waals surface area contributed by atoms with Crippen molar-refractivity contribution < 1.29 is 13.2 Å². The fourth-order valence-corrected chi connectivity index (χ4v) is 3.51. The van der Waals surface area contributed by atoms with Crippen LogP contribution in [0.4, 0.5) is 18.9 Å². The fraction of sp³-hybridized carbons (Fsp3) is 0.200. The molecule has 2 N–H and O–H groups in total. The van der Waals surface area contributed by atoms with Gasteiger partial charge in [0.15, 0.2) is 5.82 Å². The van der Waals surface area contributed by atoms with E-state index in [1.807, 2.05) is 6.92 Å². The SMILES string of the molecule is CC(NC1=CCNc2c(Cl)cc(C(F)(F)F)cc21)c1nccnc1-c1ncccn1. The monoisotopic (exact) mass is 432 g/mol. The van der Waals surface area contributed by atoms with Crippen molar-refractivity contribution in [2.24, 2.45) is 0 Å². The molecule has 30 heavy (non-hydrogen) atoms. The summed E-state index contributed by atoms with van der Waals surface area (Å²) in [5.41, 5.74) is 1.57. The first-order chi connectivity index (χ1) is 14.3. The van der Waals surface area contributed by atoms with Gasteiger partial charge < -0.3 is 10.6 Å². The third kappa shape index (κ3) is 3.93. The van der Waals surface area contributed by atoms with Crippen molar-refractivity contribution >= 4 is 23.0 Å². The molecule has 1 aromatic carbocycles. The lowest BCUT2D eigenvalue weighted by atomic mass is 10.0. The third-order valence-corrected chi connectivity index (χ3v) is 4.88. The van der Waals surface area contributed by atoms with E-state index in [0.29, 0.717) is 40.7 Å². The maximum atomic E-state index is 13.3. The molecule has 3 heterocycles. The van der Waals surface area contributed by atoms with Gasteiger partial charge in [-0.3, -0.25) is 4.98 Å². The van der Waals surface area contributed by atoms with Crippen molar-refractivity contribution in [1.29, 1.82) is 0 Å². The largest absolute Gasteiger partial charge is 0.416 e. The lowest BCUT2D eigenvalue weighted by Gasteiger charge is -2.26. The summed E-state index contributed by atoms with van der Waals surface area (Å²) in [4.78, 5) is 17.2. The molecule has 10 heteroatoms. The van der Waals surface area contributed by atoms with Gasteiger partial charge in [-0.05, 0) is 31.2 Å². The minimum Gasteiger partial charge on any atom is -0.380 e. The zero-order valence-corrected chi connectivity index (χ0v) is 16.5. The second-order valence-corrected chi connectivity index (χ2v) is 7.01. The van der Waals surface area contributed by atoms with E-state index in [-0.39, 0.29) is 11.1 Å². The highest BCUT2D eigenvalue weighted by atomic mass is 35.5. The second-order valence-electron chi connectivity index (χ2n) is 6.61. The Hall–Kier alpha value is -3.20. The molecule has 0 aliphatic carbocycles. The van der Waals surface area contributed by atoms with Crippen LogP contribution in [0.25, 0.3) is 17.2 Å². The lowest BCUT2D eigenvalue weighted by Crippen LogP contribution is -2.24. The molecular formula is C20H16ClF3N6. The fourth-order valence-electron chi connectivity index (χ4n) is 3.23. The first kappa shape index (κ1) is 20.1. The Morgan fingerprint density at radius 2 is 1.80 bits per heavy atom. The van der Waals surface area contributed by atoms with E-state index in [1.54, 1.807) is 30.7 Å². The predicted octanol–water partition coefficient (Wildman–Crippen LogP) is 4.72. The molecule has 1 aliphatic rings. The maximum absolute atomic E-state index is 13.3. The number of halogens is 4. The molecule has 1 aliphatic heterocycles. The van der Waals surface area contributed by atoms with Crippen LogP contribution in [-0.4, -0.2) is 26.5 Å². The van der Waals surface area contributed by atoms with Crippen molar-refractivity contribution in [1.82, 2.24) is 25.3 Å². The van der Waals surface area contributed by atoms with E-state index in [0.717, 1.165) is 12.1 Å². The molecule has 154 valence electrons. The minimum atomic E-state index is -4.50. The molecule has 0 radical (unpaired) electrons. The molecule has 0 bridgehead atoms. The zero-order chi connectivity index (χ0) is 21.3. The molecule has 0 saturated heterocycles. The summed E-state index contributed by atoms with van der Waals surface area (Å²) < 4.78 is 39.8. The summed E-state index contributed by atoms with van der Waals surface area (Å²) in [5.74, 6) is 0.413. The number of aromatic nitrogens is 4. The molecule has 2 aromatic heterocycles. The van der Waals surface area contributed by atoms with Gasteiger partial charge in [0.25, 0.3) is 0 Å². The molecule has 0 fully saturated rings. The first-order valence-corrected chi connectivity index (χ1v) is 9.42. The molecule has 1 atom stereocenters. The van der Waals surface area contributed by atoms with Crippen LogP contribution in [0.3, 0.4) is 0 Å². The number of alkyl halides is 3. The van der Waals surface area contributed by atoms with Gasteiger partial charge in [0.05, 0.1) is 28.0 Å². The topological polar surface area (TPSA) is 75.6 Å². The van der Waals surface area contributed by atoms with Gasteiger partial charge >= 0.3 is 6.18 Å². The Balaban J connectivity index is 1.69. The Morgan fingerprint density at radius 1 is 1.07 bits per heavy atom. The van der Waals surface area contributed by atoms with Crippen molar-refractivity contribution in [2.45, 2.75) is 19.1 Å². The van der Waals surface area contributed by atoms with E-state index >= 15 is 0 Å². The maximum Gasteiger partial charge on any atom is 0.416 e. The minimum absolute atomic E-state index is 0.0118. The van der Waals surface area contributed by atoms with Crippen LogP contribution in [0.5, 0.6) is 0 Å². The van der Waals surface area contributed by atoms with Crippen LogP contribution in [0, 0.1) is 0 Å². The Labute approximate surface area is 175 Å². The van der Waals surface area contributed by atoms with Crippen LogP contribution in [-0.2, 0) is 6.18 Å². The summed E-state index contributed by atoms with van der Waals surface area (Å²) >= 11 is 6.12. The van der Waals surface area contributed by atoms with Crippen LogP contribution < -0.4 is 10.6 Å². The molecular weight excluding hydrogens is 417 g/mol. The predicted molar refractivity (Wildman–Crippen MR) is 108 cm³/mol. The number of hydrogen-bond donors (Lipinski definition) is 2. The number of anilines is 1. The number of nitrogens with zero attached hydrogens (tertiary/aromatic N) is 4. The summed E-state index contributed by atoms with van der Waals surface area (Å²) in [7, 11) is 0. The van der Waals surface area contributed by atoms with E-state index in [4.69, 9.17) is 11.6 Å². The molecule has 0 spiro atoms. The van der Waals surface area contributed by atoms with E-state index < -0.39 is 11.7 Å². The Kier molecular flexibility index (Phi) is 5.29. The van der Waals surface area contributed by atoms with Gasteiger partial charge in [-0.25, -0.2) is 15.0 Å². The molecule has 4 rings (SSSR count). The summed E-state index contributed by atoms with van der Waals surface area (Å²) in [6.45, 7) is 2.26. The highest BCUT2D eigenvalue weighted by Gasteiger charge is 2.33. The molecule has 0 saturated carbocycles. The zero-order valence-electron chi connectivity index (χ0n) is 15.7. The quantitative estimate of drug-likeness (QED) is 0.621. The molecule has 0 amide bonds.